The Hall–Kier alpha value is -3.04. The first-order valence-corrected chi connectivity index (χ1v) is 11.8. The smallest absolute Gasteiger partial charge is 0.146 e. The molecule has 1 aromatic heterocycles. The highest BCUT2D eigenvalue weighted by Gasteiger charge is 2.23. The van der Waals surface area contributed by atoms with Crippen LogP contribution >= 0.6 is 11.8 Å². The third kappa shape index (κ3) is 3.61. The number of hydrogen-bond acceptors (Lipinski definition) is 3. The highest BCUT2D eigenvalue weighted by atomic mass is 32.2. The maximum absolute atomic E-state index is 4.87. The molecule has 0 aliphatic carbocycles. The van der Waals surface area contributed by atoms with E-state index in [1.54, 1.807) is 0 Å². The van der Waals surface area contributed by atoms with Gasteiger partial charge in [-0.2, -0.15) is 0 Å². The molecule has 0 atom stereocenters. The molecule has 5 rings (SSSR count). The molecule has 4 aromatic rings. The Kier molecular flexibility index (Phi) is 5.10. The van der Waals surface area contributed by atoms with Gasteiger partial charge in [0.25, 0.3) is 0 Å². The third-order valence-corrected chi connectivity index (χ3v) is 7.57. The molecule has 0 fully saturated rings. The van der Waals surface area contributed by atoms with Gasteiger partial charge in [-0.05, 0) is 86.2 Å². The molecule has 3 aromatic carbocycles. The highest BCUT2D eigenvalue weighted by molar-refractivity contribution is 7.99. The Morgan fingerprint density at radius 2 is 1.28 bits per heavy atom. The zero-order chi connectivity index (χ0) is 22.6. The van der Waals surface area contributed by atoms with Gasteiger partial charge in [0.2, 0.25) is 0 Å². The van der Waals surface area contributed by atoms with Crippen LogP contribution in [0.25, 0.3) is 22.3 Å². The number of fused-ring (bicyclic) bond motifs is 2. The maximum atomic E-state index is 4.87. The van der Waals surface area contributed by atoms with Gasteiger partial charge in [-0.3, -0.25) is 0 Å². The van der Waals surface area contributed by atoms with Crippen molar-refractivity contribution in [1.29, 1.82) is 0 Å². The van der Waals surface area contributed by atoms with E-state index in [9.17, 15) is 0 Å². The SMILES string of the molecule is Cc1cc(C)cc(-c2ccc3c(c2)Sc2cc(-c4cc(C)c(C)c(C)c4)cnc2N3C)c1. The lowest BCUT2D eigenvalue weighted by Crippen LogP contribution is -2.16. The van der Waals surface area contributed by atoms with Gasteiger partial charge in [0.15, 0.2) is 0 Å². The van der Waals surface area contributed by atoms with Gasteiger partial charge in [-0.15, -0.1) is 0 Å². The van der Waals surface area contributed by atoms with E-state index in [0.29, 0.717) is 0 Å². The highest BCUT2D eigenvalue weighted by Crippen LogP contribution is 2.48. The van der Waals surface area contributed by atoms with Crippen LogP contribution in [-0.2, 0) is 0 Å². The number of anilines is 2. The summed E-state index contributed by atoms with van der Waals surface area (Å²) in [7, 11) is 2.11. The van der Waals surface area contributed by atoms with E-state index in [1.165, 1.54) is 65.5 Å². The number of rotatable bonds is 2. The van der Waals surface area contributed by atoms with Crippen molar-refractivity contribution in [3.05, 3.63) is 88.6 Å². The summed E-state index contributed by atoms with van der Waals surface area (Å²) >= 11 is 1.82. The second kappa shape index (κ2) is 7.83. The third-order valence-electron chi connectivity index (χ3n) is 6.51. The second-order valence-corrected chi connectivity index (χ2v) is 10.1. The number of nitrogens with zero attached hydrogens (tertiary/aromatic N) is 2. The van der Waals surface area contributed by atoms with Crippen molar-refractivity contribution < 1.29 is 0 Å². The largest absolute Gasteiger partial charge is 0.328 e. The minimum Gasteiger partial charge on any atom is -0.328 e. The monoisotopic (exact) mass is 436 g/mol. The molecule has 0 N–H and O–H groups in total. The van der Waals surface area contributed by atoms with Crippen molar-refractivity contribution in [1.82, 2.24) is 4.98 Å². The van der Waals surface area contributed by atoms with Crippen molar-refractivity contribution in [3.8, 4) is 22.3 Å². The van der Waals surface area contributed by atoms with Crippen molar-refractivity contribution in [2.75, 3.05) is 11.9 Å². The van der Waals surface area contributed by atoms with Crippen molar-refractivity contribution >= 4 is 23.3 Å². The minimum atomic E-state index is 1.02. The van der Waals surface area contributed by atoms with Crippen LogP contribution in [0.1, 0.15) is 27.8 Å². The van der Waals surface area contributed by atoms with E-state index < -0.39 is 0 Å². The van der Waals surface area contributed by atoms with Crippen LogP contribution in [0.4, 0.5) is 11.5 Å². The average Bonchev–Trinajstić information content (AvgIpc) is 2.76. The molecule has 0 bridgehead atoms. The molecule has 0 amide bonds. The van der Waals surface area contributed by atoms with E-state index in [1.807, 2.05) is 18.0 Å². The summed E-state index contributed by atoms with van der Waals surface area (Å²) in [6.07, 6.45) is 2.01. The lowest BCUT2D eigenvalue weighted by molar-refractivity contribution is 1.05. The first kappa shape index (κ1) is 20.8. The molecule has 2 nitrogen and oxygen atoms in total. The molecule has 160 valence electrons. The molecule has 2 heterocycles. The summed E-state index contributed by atoms with van der Waals surface area (Å²) in [5.74, 6) is 1.02. The summed E-state index contributed by atoms with van der Waals surface area (Å²) in [5, 5.41) is 0. The Morgan fingerprint density at radius 1 is 0.656 bits per heavy atom. The second-order valence-electron chi connectivity index (χ2n) is 9.00. The van der Waals surface area contributed by atoms with Gasteiger partial charge in [-0.25, -0.2) is 4.98 Å². The number of aromatic nitrogens is 1. The number of aryl methyl sites for hydroxylation is 4. The topological polar surface area (TPSA) is 16.1 Å². The molecule has 3 heteroatoms. The van der Waals surface area contributed by atoms with Crippen LogP contribution in [0, 0.1) is 34.6 Å². The minimum absolute atomic E-state index is 1.02. The lowest BCUT2D eigenvalue weighted by atomic mass is 9.97. The Balaban J connectivity index is 1.56. The molecule has 0 saturated carbocycles. The molecule has 0 spiro atoms. The lowest BCUT2D eigenvalue weighted by Gasteiger charge is -2.29. The fourth-order valence-corrected chi connectivity index (χ4v) is 5.75. The van der Waals surface area contributed by atoms with Gasteiger partial charge in [-0.1, -0.05) is 59.3 Å². The van der Waals surface area contributed by atoms with E-state index >= 15 is 0 Å². The standard InChI is InChI=1S/C29H28N2S/c1-17-9-18(2)11-23(10-17)22-7-8-26-27(14-22)32-28-15-25(16-30-29(28)31(26)6)24-12-19(3)21(5)20(4)13-24/h7-16H,1-6H3. The summed E-state index contributed by atoms with van der Waals surface area (Å²) < 4.78 is 0. The van der Waals surface area contributed by atoms with Crippen molar-refractivity contribution in [2.24, 2.45) is 0 Å². The van der Waals surface area contributed by atoms with Crippen molar-refractivity contribution in [2.45, 2.75) is 44.4 Å². The van der Waals surface area contributed by atoms with Crippen molar-refractivity contribution in [3.63, 3.8) is 0 Å². The Labute approximate surface area is 195 Å². The molecule has 1 aliphatic rings. The first-order valence-electron chi connectivity index (χ1n) is 11.0. The van der Waals surface area contributed by atoms with Gasteiger partial charge in [0, 0.05) is 23.7 Å². The van der Waals surface area contributed by atoms with Crippen LogP contribution < -0.4 is 4.90 Å². The summed E-state index contributed by atoms with van der Waals surface area (Å²) in [4.78, 5) is 9.55. The fraction of sp³-hybridized carbons (Fsp3) is 0.207. The van der Waals surface area contributed by atoms with E-state index in [4.69, 9.17) is 4.98 Å². The number of pyridine rings is 1. The van der Waals surface area contributed by atoms with Crippen LogP contribution in [0.15, 0.2) is 70.6 Å². The fourth-order valence-electron chi connectivity index (χ4n) is 4.55. The van der Waals surface area contributed by atoms with Crippen LogP contribution in [0.2, 0.25) is 0 Å². The molecular weight excluding hydrogens is 408 g/mol. The van der Waals surface area contributed by atoms with Gasteiger partial charge in [0.1, 0.15) is 5.82 Å². The Bertz CT molecular complexity index is 1330. The van der Waals surface area contributed by atoms with E-state index in [2.05, 4.69) is 101 Å². The maximum Gasteiger partial charge on any atom is 0.146 e. The first-order chi connectivity index (χ1) is 15.3. The molecule has 0 saturated heterocycles. The predicted octanol–water partition coefficient (Wildman–Crippen LogP) is 8.19. The van der Waals surface area contributed by atoms with Crippen LogP contribution in [0.3, 0.4) is 0 Å². The van der Waals surface area contributed by atoms with Crippen LogP contribution in [-0.4, -0.2) is 12.0 Å². The summed E-state index contributed by atoms with van der Waals surface area (Å²) in [6, 6.07) is 20.4. The predicted molar refractivity (Wildman–Crippen MR) is 137 cm³/mol. The number of hydrogen-bond donors (Lipinski definition) is 0. The molecular formula is C29H28N2S. The van der Waals surface area contributed by atoms with E-state index in [0.717, 1.165) is 5.82 Å². The normalized spacial score (nSPS) is 12.5. The molecule has 32 heavy (non-hydrogen) atoms. The van der Waals surface area contributed by atoms with Gasteiger partial charge < -0.3 is 4.90 Å². The number of benzene rings is 3. The van der Waals surface area contributed by atoms with E-state index in [-0.39, 0.29) is 0 Å². The van der Waals surface area contributed by atoms with Crippen LogP contribution in [0.5, 0.6) is 0 Å². The average molecular weight is 437 g/mol. The van der Waals surface area contributed by atoms with Gasteiger partial charge >= 0.3 is 0 Å². The molecule has 0 unspecified atom stereocenters. The molecule has 1 aliphatic heterocycles. The Morgan fingerprint density at radius 3 is 1.97 bits per heavy atom. The van der Waals surface area contributed by atoms with Gasteiger partial charge in [0.05, 0.1) is 10.6 Å². The summed E-state index contributed by atoms with van der Waals surface area (Å²) in [6.45, 7) is 10.9. The summed E-state index contributed by atoms with van der Waals surface area (Å²) in [5.41, 5.74) is 12.8. The zero-order valence-corrected chi connectivity index (χ0v) is 20.4. The zero-order valence-electron chi connectivity index (χ0n) is 19.6. The quantitative estimate of drug-likeness (QED) is 0.315. The molecule has 0 radical (unpaired) electrons.